The van der Waals surface area contributed by atoms with Crippen LogP contribution < -0.4 is 4.72 Å². The molecular weight excluding hydrogens is 534 g/mol. The summed E-state index contributed by atoms with van der Waals surface area (Å²) in [6, 6.07) is 14.6. The van der Waals surface area contributed by atoms with Crippen molar-refractivity contribution in [3.8, 4) is 0 Å². The molecule has 3 aromatic rings. The van der Waals surface area contributed by atoms with Crippen LogP contribution in [0.15, 0.2) is 70.2 Å². The van der Waals surface area contributed by atoms with E-state index in [1.165, 1.54) is 23.3 Å². The average molecular weight is 568 g/mol. The molecule has 1 aliphatic heterocycles. The van der Waals surface area contributed by atoms with Crippen molar-refractivity contribution in [2.75, 3.05) is 37.5 Å². The van der Waals surface area contributed by atoms with Gasteiger partial charge in [-0.2, -0.15) is 0 Å². The smallest absolute Gasteiger partial charge is 0.340 e. The highest BCUT2D eigenvalue weighted by Gasteiger charge is 2.28. The Morgan fingerprint density at radius 2 is 1.62 bits per heavy atom. The largest absolute Gasteiger partial charge is 0.459 e. The molecule has 1 saturated heterocycles. The van der Waals surface area contributed by atoms with E-state index < -0.39 is 28.5 Å². The van der Waals surface area contributed by atoms with Gasteiger partial charge in [0.1, 0.15) is 0 Å². The molecule has 2 heterocycles. The maximum atomic E-state index is 13.3. The number of ether oxygens (including phenoxy) is 1. The number of rotatable bonds is 7. The van der Waals surface area contributed by atoms with Crippen molar-refractivity contribution in [2.24, 2.45) is 0 Å². The molecule has 1 aliphatic rings. The van der Waals surface area contributed by atoms with Gasteiger partial charge in [-0.25, -0.2) is 13.2 Å². The molecule has 0 aliphatic carbocycles. The fourth-order valence-electron chi connectivity index (χ4n) is 4.32. The molecule has 0 atom stereocenters. The molecule has 212 valence electrons. The molecule has 0 unspecified atom stereocenters. The lowest BCUT2D eigenvalue weighted by molar-refractivity contribution is -0.136. The van der Waals surface area contributed by atoms with Crippen LogP contribution >= 0.6 is 0 Å². The van der Waals surface area contributed by atoms with E-state index in [1.54, 1.807) is 48.2 Å². The quantitative estimate of drug-likeness (QED) is 0.430. The Labute approximate surface area is 234 Å². The molecule has 0 radical (unpaired) electrons. The average Bonchev–Trinajstić information content (AvgIpc) is 3.46. The maximum absolute atomic E-state index is 13.3. The van der Waals surface area contributed by atoms with Crippen LogP contribution in [0.1, 0.15) is 52.8 Å². The summed E-state index contributed by atoms with van der Waals surface area (Å²) in [6.45, 7) is 8.38. The lowest BCUT2D eigenvalue weighted by atomic mass is 9.87. The van der Waals surface area contributed by atoms with Gasteiger partial charge in [0.05, 0.1) is 22.4 Å². The number of sulfonamides is 1. The highest BCUT2D eigenvalue weighted by Crippen LogP contribution is 2.28. The Morgan fingerprint density at radius 3 is 2.27 bits per heavy atom. The SMILES string of the molecule is Cc1ccc(C(C)(C)C)cc1S(=O)(=O)Nc1ccccc1C(=O)OCC(=O)N1CCN(C(=O)c2ccco2)CC1. The molecule has 0 bridgehead atoms. The van der Waals surface area contributed by atoms with Crippen LogP contribution in [0.4, 0.5) is 5.69 Å². The molecule has 2 aromatic carbocycles. The van der Waals surface area contributed by atoms with Crippen molar-refractivity contribution in [2.45, 2.75) is 38.0 Å². The van der Waals surface area contributed by atoms with E-state index in [9.17, 15) is 22.8 Å². The summed E-state index contributed by atoms with van der Waals surface area (Å²) in [5, 5.41) is 0. The van der Waals surface area contributed by atoms with Crippen LogP contribution in [0.3, 0.4) is 0 Å². The second kappa shape index (κ2) is 11.5. The van der Waals surface area contributed by atoms with Crippen LogP contribution in [-0.4, -0.2) is 68.8 Å². The summed E-state index contributed by atoms with van der Waals surface area (Å²) in [5.74, 6) is -1.26. The summed E-state index contributed by atoms with van der Waals surface area (Å²) in [7, 11) is -4.03. The number of para-hydroxylation sites is 1. The van der Waals surface area contributed by atoms with Gasteiger partial charge in [0.25, 0.3) is 21.8 Å². The Balaban J connectivity index is 1.39. The monoisotopic (exact) mass is 567 g/mol. The van der Waals surface area contributed by atoms with E-state index in [2.05, 4.69) is 4.72 Å². The summed E-state index contributed by atoms with van der Waals surface area (Å²) < 4.78 is 39.6. The van der Waals surface area contributed by atoms with Gasteiger partial charge in [0, 0.05) is 26.2 Å². The number of piperazine rings is 1. The van der Waals surface area contributed by atoms with Gasteiger partial charge >= 0.3 is 5.97 Å². The number of esters is 1. The van der Waals surface area contributed by atoms with E-state index in [0.29, 0.717) is 18.7 Å². The van der Waals surface area contributed by atoms with Crippen LogP contribution in [0, 0.1) is 6.92 Å². The third kappa shape index (κ3) is 6.53. The number of nitrogens with one attached hydrogen (secondary N) is 1. The Morgan fingerprint density at radius 1 is 0.950 bits per heavy atom. The van der Waals surface area contributed by atoms with Crippen molar-refractivity contribution < 1.29 is 32.0 Å². The summed E-state index contributed by atoms with van der Waals surface area (Å²) in [5.41, 5.74) is 1.20. The van der Waals surface area contributed by atoms with E-state index >= 15 is 0 Å². The van der Waals surface area contributed by atoms with Crippen LogP contribution in [0.2, 0.25) is 0 Å². The van der Waals surface area contributed by atoms with Crippen molar-refractivity contribution in [1.82, 2.24) is 9.80 Å². The maximum Gasteiger partial charge on any atom is 0.340 e. The Bertz CT molecular complexity index is 1500. The lowest BCUT2D eigenvalue weighted by Gasteiger charge is -2.34. The molecule has 40 heavy (non-hydrogen) atoms. The van der Waals surface area contributed by atoms with E-state index in [-0.39, 0.29) is 46.3 Å². The van der Waals surface area contributed by atoms with Gasteiger partial charge in [0.15, 0.2) is 12.4 Å². The number of amides is 2. The van der Waals surface area contributed by atoms with Gasteiger partial charge in [-0.05, 0) is 53.8 Å². The zero-order valence-electron chi connectivity index (χ0n) is 23.0. The highest BCUT2D eigenvalue weighted by atomic mass is 32.2. The number of furan rings is 1. The van der Waals surface area contributed by atoms with Gasteiger partial charge < -0.3 is 19.0 Å². The highest BCUT2D eigenvalue weighted by molar-refractivity contribution is 7.92. The number of hydrogen-bond donors (Lipinski definition) is 1. The minimum atomic E-state index is -4.03. The molecule has 0 spiro atoms. The lowest BCUT2D eigenvalue weighted by Crippen LogP contribution is -2.51. The first-order valence-electron chi connectivity index (χ1n) is 12.9. The zero-order valence-corrected chi connectivity index (χ0v) is 23.8. The number of nitrogens with zero attached hydrogens (tertiary/aromatic N) is 2. The normalized spacial score (nSPS) is 14.1. The minimum Gasteiger partial charge on any atom is -0.459 e. The van der Waals surface area contributed by atoms with Crippen molar-refractivity contribution in [1.29, 1.82) is 0 Å². The fraction of sp³-hybridized carbons (Fsp3) is 0.345. The summed E-state index contributed by atoms with van der Waals surface area (Å²) in [6.07, 6.45) is 1.43. The van der Waals surface area contributed by atoms with Crippen molar-refractivity contribution in [3.63, 3.8) is 0 Å². The topological polar surface area (TPSA) is 126 Å². The molecule has 1 aromatic heterocycles. The number of hydrogen-bond acceptors (Lipinski definition) is 7. The number of anilines is 1. The van der Waals surface area contributed by atoms with Gasteiger partial charge in [0.2, 0.25) is 0 Å². The van der Waals surface area contributed by atoms with Crippen molar-refractivity contribution >= 4 is 33.5 Å². The summed E-state index contributed by atoms with van der Waals surface area (Å²) in [4.78, 5) is 41.3. The van der Waals surface area contributed by atoms with Crippen LogP contribution in [-0.2, 0) is 25.0 Å². The molecule has 1 N–H and O–H groups in total. The summed E-state index contributed by atoms with van der Waals surface area (Å²) >= 11 is 0. The predicted molar refractivity (Wildman–Crippen MR) is 149 cm³/mol. The first-order chi connectivity index (χ1) is 18.9. The third-order valence-corrected chi connectivity index (χ3v) is 8.22. The standard InChI is InChI=1S/C29H33N3O7S/c1-20-11-12-21(29(2,3)4)18-25(20)40(36,37)30-23-9-6-5-8-22(23)28(35)39-19-26(33)31-13-15-32(16-14-31)27(34)24-10-7-17-38-24/h5-12,17-18,30H,13-16,19H2,1-4H3. The molecule has 11 heteroatoms. The second-order valence-corrected chi connectivity index (χ2v) is 12.3. The number of benzene rings is 2. The van der Waals surface area contributed by atoms with Gasteiger partial charge in [-0.3, -0.25) is 14.3 Å². The molecule has 0 saturated carbocycles. The minimum absolute atomic E-state index is 0.0163. The molecular formula is C29H33N3O7S. The molecule has 4 rings (SSSR count). The van der Waals surface area contributed by atoms with E-state index in [4.69, 9.17) is 9.15 Å². The van der Waals surface area contributed by atoms with E-state index in [0.717, 1.165) is 5.56 Å². The second-order valence-electron chi connectivity index (χ2n) is 10.6. The molecule has 1 fully saturated rings. The Kier molecular flexibility index (Phi) is 8.34. The number of carbonyl (C=O) groups excluding carboxylic acids is 3. The van der Waals surface area contributed by atoms with Gasteiger partial charge in [-0.1, -0.05) is 45.0 Å². The van der Waals surface area contributed by atoms with Crippen LogP contribution in [0.5, 0.6) is 0 Å². The fourth-order valence-corrected chi connectivity index (χ4v) is 5.67. The van der Waals surface area contributed by atoms with Crippen molar-refractivity contribution in [3.05, 3.63) is 83.3 Å². The molecule has 10 nitrogen and oxygen atoms in total. The third-order valence-electron chi connectivity index (χ3n) is 6.71. The van der Waals surface area contributed by atoms with E-state index in [1.807, 2.05) is 26.8 Å². The number of aryl methyl sites for hydroxylation is 1. The zero-order chi connectivity index (χ0) is 29.1. The van der Waals surface area contributed by atoms with Gasteiger partial charge in [-0.15, -0.1) is 0 Å². The number of carbonyl (C=O) groups is 3. The molecule has 2 amide bonds. The predicted octanol–water partition coefficient (Wildman–Crippen LogP) is 3.83. The Hall–Kier alpha value is -4.12. The van der Waals surface area contributed by atoms with Crippen LogP contribution in [0.25, 0.3) is 0 Å². The first-order valence-corrected chi connectivity index (χ1v) is 14.4. The first kappa shape index (κ1) is 28.9.